The summed E-state index contributed by atoms with van der Waals surface area (Å²) >= 11 is 0. The zero-order chi connectivity index (χ0) is 14.8. The highest BCUT2D eigenvalue weighted by molar-refractivity contribution is 7.68. The summed E-state index contributed by atoms with van der Waals surface area (Å²) in [5, 5.41) is 1.32. The molecule has 0 N–H and O–H groups in total. The quantitative estimate of drug-likeness (QED) is 0.790. The molecule has 0 unspecified atom stereocenters. The van der Waals surface area contributed by atoms with Crippen LogP contribution in [0.25, 0.3) is 0 Å². The maximum atomic E-state index is 12.6. The molecule has 1 saturated heterocycles. The molecule has 2 aromatic rings. The number of carbonyl (C=O) groups is 1. The molecule has 3 atom stereocenters. The van der Waals surface area contributed by atoms with Crippen LogP contribution in [0.15, 0.2) is 60.7 Å². The van der Waals surface area contributed by atoms with Crippen LogP contribution in [-0.2, 0) is 4.79 Å². The van der Waals surface area contributed by atoms with E-state index in [0.29, 0.717) is 5.91 Å². The lowest BCUT2D eigenvalue weighted by Gasteiger charge is -2.28. The molecule has 0 aromatic heterocycles. The van der Waals surface area contributed by atoms with Crippen molar-refractivity contribution in [3.05, 3.63) is 66.2 Å². The van der Waals surface area contributed by atoms with Crippen molar-refractivity contribution in [1.82, 2.24) is 4.90 Å². The molecule has 1 heterocycles. The zero-order valence-electron chi connectivity index (χ0n) is 12.4. The summed E-state index contributed by atoms with van der Waals surface area (Å²) in [4.78, 5) is 14.7. The first-order valence-electron chi connectivity index (χ1n) is 7.43. The highest BCUT2D eigenvalue weighted by Crippen LogP contribution is 2.60. The molecule has 0 bridgehead atoms. The van der Waals surface area contributed by atoms with Gasteiger partial charge in [-0.05, 0) is 32.6 Å². The Labute approximate surface area is 127 Å². The summed E-state index contributed by atoms with van der Waals surface area (Å²) in [7, 11) is -0.549. The molecule has 1 aliphatic heterocycles. The molecule has 3 heteroatoms. The van der Waals surface area contributed by atoms with E-state index in [4.69, 9.17) is 0 Å². The number of rotatable bonds is 3. The van der Waals surface area contributed by atoms with Crippen molar-refractivity contribution in [2.24, 2.45) is 0 Å². The van der Waals surface area contributed by atoms with Crippen LogP contribution < -0.4 is 5.30 Å². The Morgan fingerprint density at radius 2 is 1.57 bits per heavy atom. The summed E-state index contributed by atoms with van der Waals surface area (Å²) < 4.78 is 0. The SMILES string of the molecule is CCN1C(=O)[C@H](C)[P@@](c2ccccc2)[C@H]1c1ccccc1. The van der Waals surface area contributed by atoms with Gasteiger partial charge in [-0.3, -0.25) is 4.79 Å². The molecule has 1 aliphatic rings. The van der Waals surface area contributed by atoms with E-state index in [1.54, 1.807) is 0 Å². The summed E-state index contributed by atoms with van der Waals surface area (Å²) in [6, 6.07) is 21.0. The number of benzene rings is 2. The van der Waals surface area contributed by atoms with Crippen molar-refractivity contribution in [3.63, 3.8) is 0 Å². The van der Waals surface area contributed by atoms with Gasteiger partial charge in [0, 0.05) is 6.54 Å². The summed E-state index contributed by atoms with van der Waals surface area (Å²) in [6.45, 7) is 4.94. The average Bonchev–Trinajstić information content (AvgIpc) is 2.80. The first-order chi connectivity index (χ1) is 10.2. The van der Waals surface area contributed by atoms with E-state index in [2.05, 4.69) is 67.3 Å². The maximum absolute atomic E-state index is 12.6. The number of amides is 1. The van der Waals surface area contributed by atoms with Crippen LogP contribution in [0.5, 0.6) is 0 Å². The van der Waals surface area contributed by atoms with Crippen molar-refractivity contribution >= 4 is 19.1 Å². The van der Waals surface area contributed by atoms with Gasteiger partial charge in [0.2, 0.25) is 5.91 Å². The van der Waals surface area contributed by atoms with Gasteiger partial charge in [0.05, 0.1) is 11.4 Å². The van der Waals surface area contributed by atoms with Crippen LogP contribution in [0.2, 0.25) is 0 Å². The van der Waals surface area contributed by atoms with Gasteiger partial charge in [-0.1, -0.05) is 60.7 Å². The average molecular weight is 297 g/mol. The number of hydrogen-bond acceptors (Lipinski definition) is 1. The highest BCUT2D eigenvalue weighted by atomic mass is 31.1. The molecule has 0 spiro atoms. The molecule has 3 rings (SSSR count). The Bertz CT molecular complexity index is 614. The van der Waals surface area contributed by atoms with Gasteiger partial charge in [-0.15, -0.1) is 0 Å². The Hall–Kier alpha value is -1.66. The zero-order valence-corrected chi connectivity index (χ0v) is 13.3. The predicted molar refractivity (Wildman–Crippen MR) is 89.0 cm³/mol. The molecule has 2 aromatic carbocycles. The van der Waals surface area contributed by atoms with Gasteiger partial charge in [0.15, 0.2) is 0 Å². The summed E-state index contributed by atoms with van der Waals surface area (Å²) in [5.74, 6) is 0.498. The van der Waals surface area contributed by atoms with Crippen LogP contribution >= 0.6 is 7.92 Å². The van der Waals surface area contributed by atoms with Gasteiger partial charge in [-0.25, -0.2) is 0 Å². The molecule has 0 saturated carbocycles. The minimum Gasteiger partial charge on any atom is -0.331 e. The van der Waals surface area contributed by atoms with Crippen LogP contribution in [0.3, 0.4) is 0 Å². The molecule has 1 amide bonds. The van der Waals surface area contributed by atoms with Crippen molar-refractivity contribution in [1.29, 1.82) is 0 Å². The second-order valence-corrected chi connectivity index (χ2v) is 7.92. The summed E-state index contributed by atoms with van der Waals surface area (Å²) in [6.07, 6.45) is 0. The Kier molecular flexibility index (Phi) is 4.07. The second kappa shape index (κ2) is 5.99. The lowest BCUT2D eigenvalue weighted by molar-refractivity contribution is -0.129. The molecular formula is C18H20NOP. The largest absolute Gasteiger partial charge is 0.331 e. The fourth-order valence-corrected chi connectivity index (χ4v) is 6.23. The second-order valence-electron chi connectivity index (χ2n) is 5.33. The smallest absolute Gasteiger partial charge is 0.230 e. The van der Waals surface area contributed by atoms with Gasteiger partial charge in [0.1, 0.15) is 0 Å². The van der Waals surface area contributed by atoms with E-state index in [-0.39, 0.29) is 11.4 Å². The minimum atomic E-state index is -0.549. The van der Waals surface area contributed by atoms with Gasteiger partial charge < -0.3 is 4.90 Å². The van der Waals surface area contributed by atoms with Crippen LogP contribution in [0.1, 0.15) is 25.2 Å². The third-order valence-electron chi connectivity index (χ3n) is 4.11. The molecule has 108 valence electrons. The van der Waals surface area contributed by atoms with Crippen LogP contribution in [0.4, 0.5) is 0 Å². The lowest BCUT2D eigenvalue weighted by Crippen LogP contribution is -2.29. The van der Waals surface area contributed by atoms with E-state index >= 15 is 0 Å². The number of carbonyl (C=O) groups excluding carboxylic acids is 1. The summed E-state index contributed by atoms with van der Waals surface area (Å²) in [5.41, 5.74) is 1.35. The first kappa shape index (κ1) is 14.3. The van der Waals surface area contributed by atoms with E-state index in [0.717, 1.165) is 6.54 Å². The van der Waals surface area contributed by atoms with Crippen LogP contribution in [-0.4, -0.2) is 23.0 Å². The molecule has 1 fully saturated rings. The first-order valence-corrected chi connectivity index (χ1v) is 8.91. The Morgan fingerprint density at radius 1 is 1.00 bits per heavy atom. The fourth-order valence-electron chi connectivity index (χ4n) is 3.10. The fraction of sp³-hybridized carbons (Fsp3) is 0.278. The van der Waals surface area contributed by atoms with Crippen LogP contribution in [0, 0.1) is 0 Å². The molecule has 2 nitrogen and oxygen atoms in total. The van der Waals surface area contributed by atoms with Gasteiger partial charge >= 0.3 is 0 Å². The third-order valence-corrected chi connectivity index (χ3v) is 7.16. The molecule has 21 heavy (non-hydrogen) atoms. The van der Waals surface area contributed by atoms with Gasteiger partial charge in [-0.2, -0.15) is 0 Å². The van der Waals surface area contributed by atoms with Crippen molar-refractivity contribution in [2.45, 2.75) is 25.3 Å². The van der Waals surface area contributed by atoms with Crippen molar-refractivity contribution in [2.75, 3.05) is 6.54 Å². The third kappa shape index (κ3) is 2.49. The monoisotopic (exact) mass is 297 g/mol. The minimum absolute atomic E-state index is 0.0903. The molecule has 0 aliphatic carbocycles. The normalized spacial score (nSPS) is 25.3. The number of hydrogen-bond donors (Lipinski definition) is 0. The number of nitrogens with zero attached hydrogens (tertiary/aromatic N) is 1. The maximum Gasteiger partial charge on any atom is 0.230 e. The lowest BCUT2D eigenvalue weighted by atomic mass is 10.2. The molecule has 0 radical (unpaired) electrons. The standard InChI is InChI=1S/C18H20NOP/c1-3-19-17(20)14(2)21(16-12-8-5-9-13-16)18(19)15-10-6-4-7-11-15/h4-14,18H,3H2,1-2H3/t14-,18-,21-/m0/s1. The van der Waals surface area contributed by atoms with E-state index in [9.17, 15) is 4.79 Å². The van der Waals surface area contributed by atoms with Crippen molar-refractivity contribution in [3.8, 4) is 0 Å². The van der Waals surface area contributed by atoms with Crippen molar-refractivity contribution < 1.29 is 4.79 Å². The molecular weight excluding hydrogens is 277 g/mol. The van der Waals surface area contributed by atoms with E-state index in [1.807, 2.05) is 12.1 Å². The Balaban J connectivity index is 2.09. The van der Waals surface area contributed by atoms with E-state index in [1.165, 1.54) is 10.9 Å². The Morgan fingerprint density at radius 3 is 2.14 bits per heavy atom. The topological polar surface area (TPSA) is 20.3 Å². The van der Waals surface area contributed by atoms with Gasteiger partial charge in [0.25, 0.3) is 0 Å². The highest BCUT2D eigenvalue weighted by Gasteiger charge is 2.45. The predicted octanol–water partition coefficient (Wildman–Crippen LogP) is 3.74. The van der Waals surface area contributed by atoms with E-state index < -0.39 is 7.92 Å².